The van der Waals surface area contributed by atoms with Crippen molar-refractivity contribution in [3.63, 3.8) is 0 Å². The maximum absolute atomic E-state index is 11.5. The van der Waals surface area contributed by atoms with Crippen LogP contribution in [0.25, 0.3) is 0 Å². The third-order valence-electron chi connectivity index (χ3n) is 1.91. The Morgan fingerprint density at radius 3 is 2.57 bits per heavy atom. The minimum absolute atomic E-state index is 0.0232. The quantitative estimate of drug-likeness (QED) is 0.589. The molecular weight excluding hydrogens is 182 g/mol. The third kappa shape index (κ3) is 5.94. The lowest BCUT2D eigenvalue weighted by molar-refractivity contribution is -0.132. The van der Waals surface area contributed by atoms with E-state index in [0.29, 0.717) is 32.7 Å². The molecule has 0 aromatic carbocycles. The minimum Gasteiger partial charge on any atom is -0.395 e. The first-order chi connectivity index (χ1) is 6.76. The molecule has 0 heterocycles. The van der Waals surface area contributed by atoms with Gasteiger partial charge in [0.1, 0.15) is 0 Å². The van der Waals surface area contributed by atoms with E-state index in [1.54, 1.807) is 4.90 Å². The van der Waals surface area contributed by atoms with E-state index in [-0.39, 0.29) is 12.5 Å². The van der Waals surface area contributed by atoms with Crippen molar-refractivity contribution in [3.8, 4) is 0 Å². The van der Waals surface area contributed by atoms with Gasteiger partial charge in [0.2, 0.25) is 5.91 Å². The van der Waals surface area contributed by atoms with Crippen molar-refractivity contribution in [2.24, 2.45) is 0 Å². The maximum Gasteiger partial charge on any atom is 0.224 e. The van der Waals surface area contributed by atoms with Gasteiger partial charge in [0.05, 0.1) is 19.6 Å². The van der Waals surface area contributed by atoms with Gasteiger partial charge in [0.15, 0.2) is 0 Å². The lowest BCUT2D eigenvalue weighted by Gasteiger charge is -2.19. The monoisotopic (exact) mass is 203 g/mol. The average molecular weight is 203 g/mol. The number of hydrogen-bond acceptors (Lipinski definition) is 3. The summed E-state index contributed by atoms with van der Waals surface area (Å²) in [7, 11) is 0. The van der Waals surface area contributed by atoms with Crippen molar-refractivity contribution in [1.29, 1.82) is 0 Å². The zero-order chi connectivity index (χ0) is 10.8. The molecule has 0 spiro atoms. The zero-order valence-corrected chi connectivity index (χ0v) is 9.16. The number of carbonyl (C=O) groups is 1. The van der Waals surface area contributed by atoms with Crippen molar-refractivity contribution >= 4 is 5.91 Å². The van der Waals surface area contributed by atoms with Gasteiger partial charge in [0.25, 0.3) is 0 Å². The Hall–Kier alpha value is -0.610. The highest BCUT2D eigenvalue weighted by Gasteiger charge is 2.09. The molecule has 4 nitrogen and oxygen atoms in total. The predicted octanol–water partition coefficient (Wildman–Crippen LogP) is 0.644. The normalized spacial score (nSPS) is 10.2. The number of amides is 1. The Morgan fingerprint density at radius 1 is 1.36 bits per heavy atom. The second kappa shape index (κ2) is 8.97. The summed E-state index contributed by atoms with van der Waals surface area (Å²) in [6.07, 6.45) is 1.39. The van der Waals surface area contributed by atoms with Crippen LogP contribution in [-0.4, -0.2) is 48.8 Å². The number of hydrogen-bond donors (Lipinski definition) is 1. The summed E-state index contributed by atoms with van der Waals surface area (Å²) < 4.78 is 5.22. The van der Waals surface area contributed by atoms with Crippen molar-refractivity contribution in [1.82, 2.24) is 4.90 Å². The molecule has 0 bridgehead atoms. The number of likely N-dealkylation sites (N-methyl/N-ethyl adjacent to an activating group) is 1. The first kappa shape index (κ1) is 13.4. The van der Waals surface area contributed by atoms with Gasteiger partial charge in [-0.05, 0) is 13.3 Å². The smallest absolute Gasteiger partial charge is 0.224 e. The largest absolute Gasteiger partial charge is 0.395 e. The highest BCUT2D eigenvalue weighted by Crippen LogP contribution is 1.95. The van der Waals surface area contributed by atoms with E-state index in [1.165, 1.54) is 0 Å². The number of aliphatic hydroxyl groups excluding tert-OH is 1. The fourth-order valence-electron chi connectivity index (χ4n) is 1.14. The molecule has 14 heavy (non-hydrogen) atoms. The van der Waals surface area contributed by atoms with Crippen molar-refractivity contribution < 1.29 is 14.6 Å². The first-order valence-electron chi connectivity index (χ1n) is 5.22. The molecule has 0 atom stereocenters. The van der Waals surface area contributed by atoms with Crippen LogP contribution in [0.2, 0.25) is 0 Å². The van der Waals surface area contributed by atoms with Crippen LogP contribution >= 0.6 is 0 Å². The molecule has 0 aliphatic rings. The summed E-state index contributed by atoms with van der Waals surface area (Å²) in [5.74, 6) is 0.0534. The fraction of sp³-hybridized carbons (Fsp3) is 0.900. The number of aliphatic hydroxyl groups is 1. The predicted molar refractivity (Wildman–Crippen MR) is 55.1 cm³/mol. The van der Waals surface area contributed by atoms with E-state index in [0.717, 1.165) is 6.42 Å². The number of rotatable bonds is 8. The molecule has 0 aromatic rings. The number of carbonyl (C=O) groups excluding carboxylic acids is 1. The minimum atomic E-state index is 0.0232. The van der Waals surface area contributed by atoms with Gasteiger partial charge >= 0.3 is 0 Å². The van der Waals surface area contributed by atoms with Crippen LogP contribution in [-0.2, 0) is 9.53 Å². The molecule has 1 N–H and O–H groups in total. The molecule has 84 valence electrons. The topological polar surface area (TPSA) is 49.8 Å². The number of nitrogens with zero attached hydrogens (tertiary/aromatic N) is 1. The molecule has 0 rings (SSSR count). The van der Waals surface area contributed by atoms with Crippen LogP contribution < -0.4 is 0 Å². The lowest BCUT2D eigenvalue weighted by Crippen LogP contribution is -2.33. The Balaban J connectivity index is 3.58. The Labute approximate surface area is 85.9 Å². The Bertz CT molecular complexity index is 150. The number of ether oxygens (including phenoxy) is 1. The van der Waals surface area contributed by atoms with Crippen LogP contribution in [0.4, 0.5) is 0 Å². The highest BCUT2D eigenvalue weighted by atomic mass is 16.5. The summed E-state index contributed by atoms with van der Waals surface area (Å²) in [6.45, 7) is 6.21. The standard InChI is InChI=1S/C10H21NO3/c1-3-8-14-9-5-10(13)11(4-2)6-7-12/h12H,3-9H2,1-2H3. The second-order valence-corrected chi connectivity index (χ2v) is 3.06. The van der Waals surface area contributed by atoms with Crippen LogP contribution in [0.15, 0.2) is 0 Å². The molecule has 0 aromatic heterocycles. The molecule has 0 saturated heterocycles. The molecule has 0 unspecified atom stereocenters. The summed E-state index contributed by atoms with van der Waals surface area (Å²) in [5, 5.41) is 8.70. The van der Waals surface area contributed by atoms with Gasteiger partial charge in [-0.2, -0.15) is 0 Å². The van der Waals surface area contributed by atoms with Crippen molar-refractivity contribution in [3.05, 3.63) is 0 Å². The van der Waals surface area contributed by atoms with Crippen molar-refractivity contribution in [2.75, 3.05) is 32.9 Å². The van der Waals surface area contributed by atoms with E-state index in [2.05, 4.69) is 0 Å². The van der Waals surface area contributed by atoms with Crippen LogP contribution in [0.1, 0.15) is 26.7 Å². The van der Waals surface area contributed by atoms with Crippen LogP contribution in [0, 0.1) is 0 Å². The molecule has 0 aliphatic heterocycles. The van der Waals surface area contributed by atoms with Crippen LogP contribution in [0.3, 0.4) is 0 Å². The van der Waals surface area contributed by atoms with Gasteiger partial charge in [-0.25, -0.2) is 0 Å². The van der Waals surface area contributed by atoms with Gasteiger partial charge in [-0.15, -0.1) is 0 Å². The molecule has 1 amide bonds. The van der Waals surface area contributed by atoms with E-state index in [9.17, 15) is 4.79 Å². The van der Waals surface area contributed by atoms with Crippen LogP contribution in [0.5, 0.6) is 0 Å². The fourth-order valence-corrected chi connectivity index (χ4v) is 1.14. The van der Waals surface area contributed by atoms with Crippen molar-refractivity contribution in [2.45, 2.75) is 26.7 Å². The lowest BCUT2D eigenvalue weighted by atomic mass is 10.3. The Kier molecular flexibility index (Phi) is 8.57. The molecular formula is C10H21NO3. The summed E-state index contributed by atoms with van der Waals surface area (Å²) in [4.78, 5) is 13.1. The molecule has 0 saturated carbocycles. The molecule has 0 fully saturated rings. The van der Waals surface area contributed by atoms with E-state index >= 15 is 0 Å². The van der Waals surface area contributed by atoms with E-state index in [1.807, 2.05) is 13.8 Å². The maximum atomic E-state index is 11.5. The summed E-state index contributed by atoms with van der Waals surface area (Å²) >= 11 is 0. The average Bonchev–Trinajstić information content (AvgIpc) is 2.20. The molecule has 0 aliphatic carbocycles. The van der Waals surface area contributed by atoms with Gasteiger partial charge in [0, 0.05) is 19.7 Å². The Morgan fingerprint density at radius 2 is 2.07 bits per heavy atom. The van der Waals surface area contributed by atoms with E-state index in [4.69, 9.17) is 9.84 Å². The van der Waals surface area contributed by atoms with Gasteiger partial charge in [-0.1, -0.05) is 6.92 Å². The molecule has 4 heteroatoms. The SMILES string of the molecule is CCCOCCC(=O)N(CC)CCO. The van der Waals surface area contributed by atoms with E-state index < -0.39 is 0 Å². The zero-order valence-electron chi connectivity index (χ0n) is 9.16. The third-order valence-corrected chi connectivity index (χ3v) is 1.91. The second-order valence-electron chi connectivity index (χ2n) is 3.06. The summed E-state index contributed by atoms with van der Waals surface area (Å²) in [5.41, 5.74) is 0. The van der Waals surface area contributed by atoms with Gasteiger partial charge < -0.3 is 14.7 Å². The first-order valence-corrected chi connectivity index (χ1v) is 5.22. The summed E-state index contributed by atoms with van der Waals surface area (Å²) in [6, 6.07) is 0. The van der Waals surface area contributed by atoms with Gasteiger partial charge in [-0.3, -0.25) is 4.79 Å². The highest BCUT2D eigenvalue weighted by molar-refractivity contribution is 5.76. The molecule has 0 radical (unpaired) electrons.